The molecule has 1 unspecified atom stereocenters. The number of amides is 3. The summed E-state index contributed by atoms with van der Waals surface area (Å²) in [6.07, 6.45) is 4.05. The van der Waals surface area contributed by atoms with Crippen LogP contribution in [0.3, 0.4) is 0 Å². The van der Waals surface area contributed by atoms with Crippen LogP contribution in [-0.4, -0.2) is 32.9 Å². The van der Waals surface area contributed by atoms with Crippen LogP contribution in [0.2, 0.25) is 0 Å². The van der Waals surface area contributed by atoms with Gasteiger partial charge in [-0.3, -0.25) is 14.4 Å². The third-order valence-electron chi connectivity index (χ3n) is 7.57. The van der Waals surface area contributed by atoms with E-state index in [0.29, 0.717) is 22.8 Å². The SMILES string of the molecule is CCC(Sc1cccc(NC(=O)/C(=C/c2c[nH]c3ccccc23)NC(=O)c2ccccc2)c1)C(=O)Nc1nc(-c2ccc(C)cc2)cs1. The number of thioether (sulfide) groups is 1. The molecule has 0 aliphatic carbocycles. The molecular formula is C38H33N5O3S2. The molecule has 0 aliphatic rings. The van der Waals surface area contributed by atoms with E-state index in [9.17, 15) is 14.4 Å². The van der Waals surface area contributed by atoms with Gasteiger partial charge in [0.1, 0.15) is 5.70 Å². The molecule has 10 heteroatoms. The normalized spacial score (nSPS) is 12.0. The summed E-state index contributed by atoms with van der Waals surface area (Å²) in [5, 5.41) is 11.7. The van der Waals surface area contributed by atoms with Crippen molar-refractivity contribution in [3.8, 4) is 11.3 Å². The Kier molecular flexibility index (Phi) is 10.1. The molecule has 8 nitrogen and oxygen atoms in total. The summed E-state index contributed by atoms with van der Waals surface area (Å²) < 4.78 is 0. The Morgan fingerprint density at radius 3 is 2.48 bits per heavy atom. The average Bonchev–Trinajstić information content (AvgIpc) is 3.75. The van der Waals surface area contributed by atoms with Crippen LogP contribution in [0.4, 0.5) is 10.8 Å². The number of benzene rings is 4. The van der Waals surface area contributed by atoms with Crippen molar-refractivity contribution in [2.75, 3.05) is 10.6 Å². The topological polar surface area (TPSA) is 116 Å². The minimum absolute atomic E-state index is 0.0888. The highest BCUT2D eigenvalue weighted by Gasteiger charge is 2.21. The third-order valence-corrected chi connectivity index (χ3v) is 9.68. The van der Waals surface area contributed by atoms with Gasteiger partial charge in [0, 0.05) is 49.8 Å². The molecular weight excluding hydrogens is 639 g/mol. The van der Waals surface area contributed by atoms with Gasteiger partial charge in [0.2, 0.25) is 5.91 Å². The maximum Gasteiger partial charge on any atom is 0.272 e. The van der Waals surface area contributed by atoms with E-state index in [2.05, 4.69) is 25.9 Å². The van der Waals surface area contributed by atoms with Crippen LogP contribution in [0.25, 0.3) is 28.2 Å². The van der Waals surface area contributed by atoms with Crippen molar-refractivity contribution in [2.24, 2.45) is 0 Å². The second-order valence-corrected chi connectivity index (χ2v) is 13.2. The minimum atomic E-state index is -0.482. The Morgan fingerprint density at radius 2 is 1.69 bits per heavy atom. The number of thiazole rings is 1. The molecule has 2 aromatic heterocycles. The van der Waals surface area contributed by atoms with E-state index in [1.165, 1.54) is 28.7 Å². The Labute approximate surface area is 286 Å². The van der Waals surface area contributed by atoms with Crippen molar-refractivity contribution >= 4 is 68.6 Å². The predicted octanol–water partition coefficient (Wildman–Crippen LogP) is 8.52. The van der Waals surface area contributed by atoms with Gasteiger partial charge in [0.15, 0.2) is 5.13 Å². The van der Waals surface area contributed by atoms with Gasteiger partial charge in [-0.25, -0.2) is 4.98 Å². The van der Waals surface area contributed by atoms with Gasteiger partial charge >= 0.3 is 0 Å². The largest absolute Gasteiger partial charge is 0.361 e. The summed E-state index contributed by atoms with van der Waals surface area (Å²) in [5.41, 5.74) is 5.71. The van der Waals surface area contributed by atoms with E-state index in [1.807, 2.05) is 92.0 Å². The second kappa shape index (κ2) is 15.0. The molecule has 0 radical (unpaired) electrons. The molecule has 6 rings (SSSR count). The number of aromatic amines is 1. The van der Waals surface area contributed by atoms with E-state index >= 15 is 0 Å². The smallest absolute Gasteiger partial charge is 0.272 e. The minimum Gasteiger partial charge on any atom is -0.361 e. The number of nitrogens with zero attached hydrogens (tertiary/aromatic N) is 1. The number of fused-ring (bicyclic) bond motifs is 1. The van der Waals surface area contributed by atoms with Gasteiger partial charge in [-0.05, 0) is 55.8 Å². The lowest BCUT2D eigenvalue weighted by Gasteiger charge is -2.15. The number of H-pyrrole nitrogens is 1. The number of rotatable bonds is 11. The van der Waals surface area contributed by atoms with E-state index in [1.54, 1.807) is 42.6 Å². The summed E-state index contributed by atoms with van der Waals surface area (Å²) in [7, 11) is 0. The quantitative estimate of drug-likeness (QED) is 0.0814. The number of para-hydroxylation sites is 1. The van der Waals surface area contributed by atoms with Crippen LogP contribution in [0.1, 0.15) is 34.8 Å². The second-order valence-electron chi connectivity index (χ2n) is 11.1. The van der Waals surface area contributed by atoms with Gasteiger partial charge in [-0.2, -0.15) is 0 Å². The third kappa shape index (κ3) is 7.91. The van der Waals surface area contributed by atoms with Gasteiger partial charge < -0.3 is 20.9 Å². The zero-order chi connectivity index (χ0) is 33.5. The number of anilines is 2. The molecule has 2 heterocycles. The Hall–Kier alpha value is -5.45. The lowest BCUT2D eigenvalue weighted by Crippen LogP contribution is -2.30. The molecule has 240 valence electrons. The molecule has 0 saturated heterocycles. The summed E-state index contributed by atoms with van der Waals surface area (Å²) in [6.45, 7) is 4.00. The molecule has 0 spiro atoms. The first-order valence-corrected chi connectivity index (χ1v) is 17.2. The van der Waals surface area contributed by atoms with E-state index < -0.39 is 11.8 Å². The number of nitrogens with one attached hydrogen (secondary N) is 4. The number of hydrogen-bond acceptors (Lipinski definition) is 6. The predicted molar refractivity (Wildman–Crippen MR) is 196 cm³/mol. The first-order chi connectivity index (χ1) is 23.4. The zero-order valence-corrected chi connectivity index (χ0v) is 28.0. The fraction of sp³-hybridized carbons (Fsp3) is 0.105. The number of aryl methyl sites for hydroxylation is 1. The molecule has 0 fully saturated rings. The highest BCUT2D eigenvalue weighted by molar-refractivity contribution is 8.00. The first-order valence-electron chi connectivity index (χ1n) is 15.4. The molecule has 0 saturated carbocycles. The van der Waals surface area contributed by atoms with Crippen molar-refractivity contribution in [3.05, 3.63) is 137 Å². The molecule has 1 atom stereocenters. The van der Waals surface area contributed by atoms with Crippen LogP contribution >= 0.6 is 23.1 Å². The van der Waals surface area contributed by atoms with Crippen molar-refractivity contribution in [2.45, 2.75) is 30.4 Å². The van der Waals surface area contributed by atoms with Crippen molar-refractivity contribution in [3.63, 3.8) is 0 Å². The molecule has 0 bridgehead atoms. The van der Waals surface area contributed by atoms with Gasteiger partial charge in [0.05, 0.1) is 10.9 Å². The molecule has 4 N–H and O–H groups in total. The fourth-order valence-electron chi connectivity index (χ4n) is 5.02. The molecule has 48 heavy (non-hydrogen) atoms. The Bertz CT molecular complexity index is 2100. The van der Waals surface area contributed by atoms with Crippen LogP contribution in [0.5, 0.6) is 0 Å². The lowest BCUT2D eigenvalue weighted by molar-refractivity contribution is -0.116. The summed E-state index contributed by atoms with van der Waals surface area (Å²) in [4.78, 5) is 48.7. The number of aromatic nitrogens is 2. The fourth-order valence-corrected chi connectivity index (χ4v) is 6.75. The maximum absolute atomic E-state index is 13.7. The van der Waals surface area contributed by atoms with Crippen LogP contribution in [0.15, 0.2) is 125 Å². The van der Waals surface area contributed by atoms with E-state index in [4.69, 9.17) is 0 Å². The number of hydrogen-bond donors (Lipinski definition) is 4. The van der Waals surface area contributed by atoms with E-state index in [0.717, 1.165) is 32.6 Å². The van der Waals surface area contributed by atoms with Crippen LogP contribution < -0.4 is 16.0 Å². The molecule has 3 amide bonds. The Balaban J connectivity index is 1.16. The standard InChI is InChI=1S/C38H33N5O3S2/c1-3-34(37(46)43-38-42-33(23-47-38)25-18-16-24(2)17-19-25)48-29-13-9-12-28(21-29)40-36(45)32(41-35(44)26-10-5-4-6-11-26)20-27-22-39-31-15-8-7-14-30(27)31/h4-23,34,39H,3H2,1-2H3,(H,40,45)(H,41,44)(H,42,43,46)/b32-20-. The number of carbonyl (C=O) groups is 3. The summed E-state index contributed by atoms with van der Waals surface area (Å²) in [5.74, 6) is -1.02. The highest BCUT2D eigenvalue weighted by Crippen LogP contribution is 2.30. The highest BCUT2D eigenvalue weighted by atomic mass is 32.2. The van der Waals surface area contributed by atoms with Crippen molar-refractivity contribution in [1.29, 1.82) is 0 Å². The summed E-state index contributed by atoms with van der Waals surface area (Å²) in [6, 6.07) is 31.9. The van der Waals surface area contributed by atoms with Gasteiger partial charge in [-0.1, -0.05) is 79.2 Å². The number of carbonyl (C=O) groups excluding carboxylic acids is 3. The molecule has 6 aromatic rings. The average molecular weight is 672 g/mol. The molecule has 0 aliphatic heterocycles. The van der Waals surface area contributed by atoms with E-state index in [-0.39, 0.29) is 16.9 Å². The zero-order valence-electron chi connectivity index (χ0n) is 26.3. The lowest BCUT2D eigenvalue weighted by atomic mass is 10.1. The van der Waals surface area contributed by atoms with Gasteiger partial charge in [0.25, 0.3) is 11.8 Å². The van der Waals surface area contributed by atoms with Crippen molar-refractivity contribution < 1.29 is 14.4 Å². The van der Waals surface area contributed by atoms with Crippen LogP contribution in [-0.2, 0) is 9.59 Å². The van der Waals surface area contributed by atoms with Crippen molar-refractivity contribution in [1.82, 2.24) is 15.3 Å². The first kappa shape index (κ1) is 32.5. The monoisotopic (exact) mass is 671 g/mol. The Morgan fingerprint density at radius 1 is 0.917 bits per heavy atom. The maximum atomic E-state index is 13.7. The summed E-state index contributed by atoms with van der Waals surface area (Å²) >= 11 is 2.80. The van der Waals surface area contributed by atoms with Crippen LogP contribution in [0, 0.1) is 6.92 Å². The van der Waals surface area contributed by atoms with Gasteiger partial charge in [-0.15, -0.1) is 23.1 Å². The molecule has 4 aromatic carbocycles.